The van der Waals surface area contributed by atoms with Gasteiger partial charge < -0.3 is 11.1 Å². The Labute approximate surface area is 120 Å². The Morgan fingerprint density at radius 3 is 3.05 bits per heavy atom. The number of nitrogens with one attached hydrogen (secondary N) is 2. The van der Waals surface area contributed by atoms with Gasteiger partial charge in [-0.3, -0.25) is 9.78 Å². The van der Waals surface area contributed by atoms with Crippen LogP contribution in [0.4, 0.5) is 5.95 Å². The molecule has 4 N–H and O–H groups in total. The highest BCUT2D eigenvalue weighted by molar-refractivity contribution is 7.99. The molecule has 0 aromatic carbocycles. The second kappa shape index (κ2) is 6.38. The molecule has 0 fully saturated rings. The number of nitrogen functional groups attached to an aromatic ring is 1. The molecule has 0 saturated heterocycles. The molecule has 2 rings (SSSR count). The van der Waals surface area contributed by atoms with Gasteiger partial charge in [-0.05, 0) is 25.5 Å². The van der Waals surface area contributed by atoms with Gasteiger partial charge in [-0.25, -0.2) is 5.10 Å². The Hall–Kier alpha value is -2.09. The van der Waals surface area contributed by atoms with Gasteiger partial charge in [0.05, 0.1) is 17.5 Å². The molecule has 0 unspecified atom stereocenters. The molecule has 8 heteroatoms. The number of aromatic nitrogens is 4. The van der Waals surface area contributed by atoms with E-state index in [9.17, 15) is 4.79 Å². The van der Waals surface area contributed by atoms with Gasteiger partial charge in [-0.15, -0.1) is 5.10 Å². The summed E-state index contributed by atoms with van der Waals surface area (Å²) < 4.78 is 0. The third kappa shape index (κ3) is 3.70. The average molecular weight is 292 g/mol. The van der Waals surface area contributed by atoms with E-state index in [0.29, 0.717) is 5.16 Å². The van der Waals surface area contributed by atoms with Gasteiger partial charge >= 0.3 is 0 Å². The Morgan fingerprint density at radius 2 is 2.40 bits per heavy atom. The van der Waals surface area contributed by atoms with Crippen molar-refractivity contribution in [1.29, 1.82) is 0 Å². The highest BCUT2D eigenvalue weighted by Crippen LogP contribution is 2.15. The smallest absolute Gasteiger partial charge is 0.231 e. The SMILES string of the molecule is Cc1cccnc1[C@@H](C)NC(=O)CSc1n[nH]c(N)n1. The maximum absolute atomic E-state index is 11.9. The number of hydrogen-bond donors (Lipinski definition) is 3. The Morgan fingerprint density at radius 1 is 1.60 bits per heavy atom. The number of carbonyl (C=O) groups excluding carboxylic acids is 1. The number of pyridine rings is 1. The Kier molecular flexibility index (Phi) is 4.57. The first-order valence-corrected chi connectivity index (χ1v) is 7.06. The van der Waals surface area contributed by atoms with E-state index in [1.54, 1.807) is 6.20 Å². The predicted octanol–water partition coefficient (Wildman–Crippen LogP) is 1.06. The van der Waals surface area contributed by atoms with Gasteiger partial charge in [0.25, 0.3) is 0 Å². The van der Waals surface area contributed by atoms with E-state index in [0.717, 1.165) is 11.3 Å². The van der Waals surface area contributed by atoms with Crippen LogP contribution < -0.4 is 11.1 Å². The van der Waals surface area contributed by atoms with Crippen LogP contribution in [0.2, 0.25) is 0 Å². The molecule has 0 bridgehead atoms. The van der Waals surface area contributed by atoms with Crippen LogP contribution >= 0.6 is 11.8 Å². The highest BCUT2D eigenvalue weighted by Gasteiger charge is 2.13. The van der Waals surface area contributed by atoms with Gasteiger partial charge in [0.2, 0.25) is 17.0 Å². The van der Waals surface area contributed by atoms with E-state index < -0.39 is 0 Å². The van der Waals surface area contributed by atoms with Crippen molar-refractivity contribution >= 4 is 23.6 Å². The van der Waals surface area contributed by atoms with Gasteiger partial charge in [0.1, 0.15) is 0 Å². The maximum Gasteiger partial charge on any atom is 0.231 e. The minimum Gasteiger partial charge on any atom is -0.368 e. The zero-order valence-electron chi connectivity index (χ0n) is 11.3. The molecular formula is C12H16N6OS. The van der Waals surface area contributed by atoms with Crippen molar-refractivity contribution in [2.75, 3.05) is 11.5 Å². The van der Waals surface area contributed by atoms with Gasteiger partial charge in [0.15, 0.2) is 0 Å². The number of thioether (sulfide) groups is 1. The van der Waals surface area contributed by atoms with Gasteiger partial charge in [-0.1, -0.05) is 17.8 Å². The summed E-state index contributed by atoms with van der Waals surface area (Å²) in [5.74, 6) is 0.370. The number of amides is 1. The molecule has 1 amide bonds. The van der Waals surface area contributed by atoms with Crippen molar-refractivity contribution in [3.63, 3.8) is 0 Å². The lowest BCUT2D eigenvalue weighted by Gasteiger charge is -2.14. The zero-order valence-corrected chi connectivity index (χ0v) is 12.1. The number of hydrogen-bond acceptors (Lipinski definition) is 6. The second-order valence-electron chi connectivity index (χ2n) is 4.29. The number of nitrogens with two attached hydrogens (primary N) is 1. The second-order valence-corrected chi connectivity index (χ2v) is 5.23. The van der Waals surface area contributed by atoms with Crippen LogP contribution in [0.3, 0.4) is 0 Å². The summed E-state index contributed by atoms with van der Waals surface area (Å²) in [7, 11) is 0. The fraction of sp³-hybridized carbons (Fsp3) is 0.333. The van der Waals surface area contributed by atoms with E-state index in [4.69, 9.17) is 5.73 Å². The van der Waals surface area contributed by atoms with Crippen LogP contribution in [-0.4, -0.2) is 31.8 Å². The van der Waals surface area contributed by atoms with E-state index in [2.05, 4.69) is 25.5 Å². The molecule has 1 atom stereocenters. The number of rotatable bonds is 5. The van der Waals surface area contributed by atoms with E-state index in [-0.39, 0.29) is 23.7 Å². The molecule has 106 valence electrons. The summed E-state index contributed by atoms with van der Waals surface area (Å²) in [6, 6.07) is 3.70. The molecule has 7 nitrogen and oxygen atoms in total. The largest absolute Gasteiger partial charge is 0.368 e. The number of anilines is 1. The van der Waals surface area contributed by atoms with Crippen molar-refractivity contribution in [3.8, 4) is 0 Å². The van der Waals surface area contributed by atoms with Crippen LogP contribution in [0.15, 0.2) is 23.5 Å². The zero-order chi connectivity index (χ0) is 14.5. The molecule has 0 aliphatic carbocycles. The number of nitrogens with zero attached hydrogens (tertiary/aromatic N) is 3. The molecule has 20 heavy (non-hydrogen) atoms. The maximum atomic E-state index is 11.9. The quantitative estimate of drug-likeness (QED) is 0.711. The summed E-state index contributed by atoms with van der Waals surface area (Å²) in [4.78, 5) is 20.1. The van der Waals surface area contributed by atoms with Crippen LogP contribution in [0.5, 0.6) is 0 Å². The molecule has 2 heterocycles. The molecule has 0 saturated carbocycles. The summed E-state index contributed by atoms with van der Waals surface area (Å²) in [6.45, 7) is 3.87. The fourth-order valence-electron chi connectivity index (χ4n) is 1.76. The minimum atomic E-state index is -0.137. The Bertz CT molecular complexity index is 599. The first-order chi connectivity index (χ1) is 9.56. The van der Waals surface area contributed by atoms with Crippen molar-refractivity contribution in [1.82, 2.24) is 25.5 Å². The molecule has 0 aliphatic rings. The van der Waals surface area contributed by atoms with E-state index in [1.807, 2.05) is 26.0 Å². The van der Waals surface area contributed by atoms with Crippen LogP contribution in [0.25, 0.3) is 0 Å². The lowest BCUT2D eigenvalue weighted by molar-refractivity contribution is -0.119. The molecular weight excluding hydrogens is 276 g/mol. The Balaban J connectivity index is 1.87. The summed E-state index contributed by atoms with van der Waals surface area (Å²) in [6.07, 6.45) is 1.72. The summed E-state index contributed by atoms with van der Waals surface area (Å²) in [5, 5.41) is 9.72. The molecule has 0 spiro atoms. The van der Waals surface area contributed by atoms with Crippen molar-refractivity contribution in [2.45, 2.75) is 25.0 Å². The standard InChI is InChI=1S/C12H16N6OS/c1-7-4-3-5-14-10(7)8(2)15-9(19)6-20-12-16-11(13)17-18-12/h3-5,8H,6H2,1-2H3,(H,15,19)(H3,13,16,17,18)/t8-/m1/s1. The normalized spacial score (nSPS) is 12.1. The minimum absolute atomic E-state index is 0.101. The van der Waals surface area contributed by atoms with Crippen molar-refractivity contribution in [2.24, 2.45) is 0 Å². The lowest BCUT2D eigenvalue weighted by atomic mass is 10.1. The molecule has 2 aromatic rings. The summed E-state index contributed by atoms with van der Waals surface area (Å²) >= 11 is 1.22. The first-order valence-electron chi connectivity index (χ1n) is 6.08. The molecule has 0 radical (unpaired) electrons. The van der Waals surface area contributed by atoms with E-state index >= 15 is 0 Å². The number of aryl methyl sites for hydroxylation is 1. The number of H-pyrrole nitrogens is 1. The van der Waals surface area contributed by atoms with Crippen molar-refractivity contribution in [3.05, 3.63) is 29.6 Å². The lowest BCUT2D eigenvalue weighted by Crippen LogP contribution is -2.29. The first kappa shape index (κ1) is 14.3. The van der Waals surface area contributed by atoms with E-state index in [1.165, 1.54) is 11.8 Å². The third-order valence-electron chi connectivity index (χ3n) is 2.65. The van der Waals surface area contributed by atoms with Crippen LogP contribution in [-0.2, 0) is 4.79 Å². The van der Waals surface area contributed by atoms with Gasteiger partial charge in [0, 0.05) is 6.20 Å². The third-order valence-corrected chi connectivity index (χ3v) is 3.50. The molecule has 2 aromatic heterocycles. The van der Waals surface area contributed by atoms with Crippen LogP contribution in [0, 0.1) is 6.92 Å². The number of aromatic amines is 1. The highest BCUT2D eigenvalue weighted by atomic mass is 32.2. The average Bonchev–Trinajstić information content (AvgIpc) is 2.82. The summed E-state index contributed by atoms with van der Waals surface area (Å²) in [5.41, 5.74) is 7.33. The monoisotopic (exact) mass is 292 g/mol. The molecule has 0 aliphatic heterocycles. The predicted molar refractivity (Wildman–Crippen MR) is 77.1 cm³/mol. The van der Waals surface area contributed by atoms with Crippen LogP contribution in [0.1, 0.15) is 24.2 Å². The van der Waals surface area contributed by atoms with Crippen molar-refractivity contribution < 1.29 is 4.79 Å². The topological polar surface area (TPSA) is 110 Å². The van der Waals surface area contributed by atoms with Gasteiger partial charge in [-0.2, -0.15) is 4.98 Å². The number of carbonyl (C=O) groups is 1. The fourth-order valence-corrected chi connectivity index (χ4v) is 2.37.